The zero-order valence-electron chi connectivity index (χ0n) is 12.2. The number of nitrogens with one attached hydrogen (secondary N) is 1. The highest BCUT2D eigenvalue weighted by molar-refractivity contribution is 6.34. The third-order valence-electron chi connectivity index (χ3n) is 4.29. The predicted octanol–water partition coefficient (Wildman–Crippen LogP) is 3.20. The number of methoxy groups -OCH3 is 1. The first-order valence-electron chi connectivity index (χ1n) is 7.10. The number of halogens is 1. The van der Waals surface area contributed by atoms with Gasteiger partial charge in [0, 0.05) is 24.7 Å². The number of ether oxygens (including phenoxy) is 1. The van der Waals surface area contributed by atoms with Crippen molar-refractivity contribution in [3.63, 3.8) is 0 Å². The number of hydrogen-bond acceptors (Lipinski definition) is 3. The molecule has 0 bridgehead atoms. The topological polar surface area (TPSA) is 38.3 Å². The maximum absolute atomic E-state index is 11.7. The minimum Gasteiger partial charge on any atom is -0.385 e. The Kier molecular flexibility index (Phi) is 5.19. The summed E-state index contributed by atoms with van der Waals surface area (Å²) in [4.78, 5) is 11.7. The van der Waals surface area contributed by atoms with E-state index in [1.165, 1.54) is 0 Å². The zero-order valence-corrected chi connectivity index (χ0v) is 12.9. The number of benzene rings is 1. The number of ketones is 1. The molecule has 1 fully saturated rings. The van der Waals surface area contributed by atoms with E-state index >= 15 is 0 Å². The molecule has 0 amide bonds. The molecule has 1 aliphatic heterocycles. The third kappa shape index (κ3) is 3.05. The fraction of sp³-hybridized carbons (Fsp3) is 0.562. The van der Waals surface area contributed by atoms with Gasteiger partial charge < -0.3 is 10.1 Å². The Morgan fingerprint density at radius 1 is 1.40 bits per heavy atom. The molecule has 0 spiro atoms. The minimum atomic E-state index is 0.0177. The van der Waals surface area contributed by atoms with Crippen LogP contribution in [0.25, 0.3) is 0 Å². The van der Waals surface area contributed by atoms with Crippen molar-refractivity contribution in [2.75, 3.05) is 26.8 Å². The maximum Gasteiger partial charge on any atom is 0.161 e. The van der Waals surface area contributed by atoms with Crippen LogP contribution in [0.5, 0.6) is 0 Å². The van der Waals surface area contributed by atoms with E-state index in [9.17, 15) is 4.79 Å². The molecular weight excluding hydrogens is 274 g/mol. The minimum absolute atomic E-state index is 0.0177. The van der Waals surface area contributed by atoms with Crippen LogP contribution >= 0.6 is 11.6 Å². The van der Waals surface area contributed by atoms with Gasteiger partial charge in [-0.2, -0.15) is 0 Å². The van der Waals surface area contributed by atoms with Crippen LogP contribution < -0.4 is 5.32 Å². The Balaban J connectivity index is 2.43. The van der Waals surface area contributed by atoms with E-state index in [1.54, 1.807) is 20.1 Å². The van der Waals surface area contributed by atoms with E-state index in [0.717, 1.165) is 37.9 Å². The van der Waals surface area contributed by atoms with Crippen LogP contribution in [-0.4, -0.2) is 32.6 Å². The average Bonchev–Trinajstić information content (AvgIpc) is 2.46. The van der Waals surface area contributed by atoms with Gasteiger partial charge >= 0.3 is 0 Å². The summed E-state index contributed by atoms with van der Waals surface area (Å²) in [6, 6.07) is 5.81. The first-order valence-corrected chi connectivity index (χ1v) is 7.48. The second kappa shape index (κ2) is 6.70. The molecule has 1 heterocycles. The summed E-state index contributed by atoms with van der Waals surface area (Å²) in [5, 5.41) is 4.01. The number of piperidine rings is 1. The molecule has 1 aliphatic rings. The van der Waals surface area contributed by atoms with E-state index in [0.29, 0.717) is 17.2 Å². The van der Waals surface area contributed by atoms with Crippen molar-refractivity contribution in [3.8, 4) is 0 Å². The van der Waals surface area contributed by atoms with Crippen molar-refractivity contribution in [2.45, 2.75) is 31.6 Å². The van der Waals surface area contributed by atoms with Gasteiger partial charge in [-0.3, -0.25) is 4.79 Å². The van der Waals surface area contributed by atoms with E-state index in [4.69, 9.17) is 16.3 Å². The van der Waals surface area contributed by atoms with Crippen LogP contribution in [0.15, 0.2) is 18.2 Å². The molecule has 1 saturated heterocycles. The number of rotatable bonds is 5. The molecule has 0 radical (unpaired) electrons. The van der Waals surface area contributed by atoms with Crippen molar-refractivity contribution < 1.29 is 9.53 Å². The Hall–Kier alpha value is -0.900. The Bertz CT molecular complexity index is 481. The van der Waals surface area contributed by atoms with Crippen LogP contribution in [0.4, 0.5) is 0 Å². The van der Waals surface area contributed by atoms with Crippen molar-refractivity contribution in [2.24, 2.45) is 0 Å². The molecule has 1 aromatic rings. The summed E-state index contributed by atoms with van der Waals surface area (Å²) in [7, 11) is 1.72. The largest absolute Gasteiger partial charge is 0.385 e. The average molecular weight is 296 g/mol. The maximum atomic E-state index is 11.7. The van der Waals surface area contributed by atoms with Crippen LogP contribution in [0, 0.1) is 0 Å². The van der Waals surface area contributed by atoms with Gasteiger partial charge in [-0.05, 0) is 50.9 Å². The Morgan fingerprint density at radius 3 is 2.70 bits per heavy atom. The normalized spacial score (nSPS) is 17.9. The van der Waals surface area contributed by atoms with Crippen molar-refractivity contribution >= 4 is 17.4 Å². The second-order valence-electron chi connectivity index (χ2n) is 5.50. The summed E-state index contributed by atoms with van der Waals surface area (Å²) in [5.74, 6) is 0.0210. The first-order chi connectivity index (χ1) is 9.60. The Morgan fingerprint density at radius 2 is 2.10 bits per heavy atom. The molecule has 2 rings (SSSR count). The molecule has 0 saturated carbocycles. The van der Waals surface area contributed by atoms with Gasteiger partial charge in [0.25, 0.3) is 0 Å². The molecule has 1 N–H and O–H groups in total. The van der Waals surface area contributed by atoms with Gasteiger partial charge in [0.05, 0.1) is 5.02 Å². The molecule has 1 aromatic carbocycles. The monoisotopic (exact) mass is 295 g/mol. The summed E-state index contributed by atoms with van der Waals surface area (Å²) >= 11 is 6.52. The molecular formula is C16H22ClNO2. The van der Waals surface area contributed by atoms with Crippen molar-refractivity contribution in [3.05, 3.63) is 34.3 Å². The van der Waals surface area contributed by atoms with Crippen molar-refractivity contribution in [1.82, 2.24) is 5.32 Å². The van der Waals surface area contributed by atoms with E-state index < -0.39 is 0 Å². The van der Waals surface area contributed by atoms with E-state index in [-0.39, 0.29) is 11.2 Å². The van der Waals surface area contributed by atoms with E-state index in [2.05, 4.69) is 11.4 Å². The lowest BCUT2D eigenvalue weighted by molar-refractivity contribution is 0.101. The Labute approximate surface area is 125 Å². The van der Waals surface area contributed by atoms with Crippen LogP contribution in [0.2, 0.25) is 5.02 Å². The highest BCUT2D eigenvalue weighted by Crippen LogP contribution is 2.41. The molecule has 20 heavy (non-hydrogen) atoms. The quantitative estimate of drug-likeness (QED) is 0.848. The van der Waals surface area contributed by atoms with Gasteiger partial charge in [-0.25, -0.2) is 0 Å². The van der Waals surface area contributed by atoms with Gasteiger partial charge in [-0.15, -0.1) is 0 Å². The van der Waals surface area contributed by atoms with E-state index in [1.807, 2.05) is 6.07 Å². The standard InChI is InChI=1S/C16H22ClNO2/c1-12(19)13-4-3-5-14(15(13)17)16(8-11-20-2)6-9-18-10-7-16/h3-5,18H,6-11H2,1-2H3. The number of hydrogen-bond donors (Lipinski definition) is 1. The molecule has 4 heteroatoms. The lowest BCUT2D eigenvalue weighted by Gasteiger charge is -2.39. The fourth-order valence-electron chi connectivity index (χ4n) is 3.07. The smallest absolute Gasteiger partial charge is 0.161 e. The SMILES string of the molecule is COCCC1(c2cccc(C(C)=O)c2Cl)CCNCC1. The second-order valence-corrected chi connectivity index (χ2v) is 5.87. The molecule has 0 atom stereocenters. The highest BCUT2D eigenvalue weighted by Gasteiger charge is 2.35. The summed E-state index contributed by atoms with van der Waals surface area (Å²) in [6.07, 6.45) is 2.99. The van der Waals surface area contributed by atoms with Crippen LogP contribution in [0.1, 0.15) is 42.1 Å². The molecule has 0 unspecified atom stereocenters. The number of carbonyl (C=O) groups is 1. The first kappa shape index (κ1) is 15.5. The van der Waals surface area contributed by atoms with Gasteiger partial charge in [0.1, 0.15) is 0 Å². The highest BCUT2D eigenvalue weighted by atomic mass is 35.5. The molecule has 110 valence electrons. The van der Waals surface area contributed by atoms with Gasteiger partial charge in [0.15, 0.2) is 5.78 Å². The summed E-state index contributed by atoms with van der Waals surface area (Å²) in [6.45, 7) is 4.23. The van der Waals surface area contributed by atoms with Gasteiger partial charge in [-0.1, -0.05) is 23.7 Å². The van der Waals surface area contributed by atoms with Crippen molar-refractivity contribution in [1.29, 1.82) is 0 Å². The number of Topliss-reactive ketones (excluding diaryl/α,β-unsaturated/α-hetero) is 1. The lowest BCUT2D eigenvalue weighted by Crippen LogP contribution is -2.41. The zero-order chi connectivity index (χ0) is 14.6. The number of carbonyl (C=O) groups excluding carboxylic acids is 1. The van der Waals surface area contributed by atoms with Crippen LogP contribution in [0.3, 0.4) is 0 Å². The van der Waals surface area contributed by atoms with Crippen LogP contribution in [-0.2, 0) is 10.2 Å². The predicted molar refractivity (Wildman–Crippen MR) is 81.7 cm³/mol. The summed E-state index contributed by atoms with van der Waals surface area (Å²) in [5.41, 5.74) is 1.74. The third-order valence-corrected chi connectivity index (χ3v) is 4.70. The molecule has 3 nitrogen and oxygen atoms in total. The fourth-order valence-corrected chi connectivity index (χ4v) is 3.53. The van der Waals surface area contributed by atoms with Gasteiger partial charge in [0.2, 0.25) is 0 Å². The molecule has 0 aromatic heterocycles. The lowest BCUT2D eigenvalue weighted by atomic mass is 9.70. The summed E-state index contributed by atoms with van der Waals surface area (Å²) < 4.78 is 5.28. The molecule has 0 aliphatic carbocycles.